The van der Waals surface area contributed by atoms with Crippen LogP contribution in [-0.4, -0.2) is 36.7 Å². The van der Waals surface area contributed by atoms with Gasteiger partial charge in [-0.05, 0) is 62.6 Å². The minimum atomic E-state index is 0.336. The quantitative estimate of drug-likeness (QED) is 0.618. The average Bonchev–Trinajstić information content (AvgIpc) is 2.96. The molecular formula is C18H29N3OS. The Hall–Kier alpha value is -1.36. The molecule has 0 aliphatic carbocycles. The summed E-state index contributed by atoms with van der Waals surface area (Å²) in [6, 6.07) is 6.24. The van der Waals surface area contributed by atoms with Gasteiger partial charge in [0.2, 0.25) is 0 Å². The number of thioether (sulfide) groups is 1. The van der Waals surface area contributed by atoms with E-state index in [1.54, 1.807) is 7.11 Å². The normalized spacial score (nSPS) is 21.3. The third kappa shape index (κ3) is 5.65. The topological polar surface area (TPSA) is 45.7 Å². The summed E-state index contributed by atoms with van der Waals surface area (Å²) in [6.45, 7) is 8.99. The highest BCUT2D eigenvalue weighted by atomic mass is 32.2. The van der Waals surface area contributed by atoms with Crippen LogP contribution in [0.1, 0.15) is 37.8 Å². The Morgan fingerprint density at radius 2 is 2.17 bits per heavy atom. The van der Waals surface area contributed by atoms with Crippen molar-refractivity contribution in [2.75, 3.05) is 26.0 Å². The summed E-state index contributed by atoms with van der Waals surface area (Å²) in [4.78, 5) is 4.72. The van der Waals surface area contributed by atoms with Crippen LogP contribution in [0.5, 0.6) is 5.75 Å². The molecule has 0 aromatic heterocycles. The molecule has 0 radical (unpaired) electrons. The van der Waals surface area contributed by atoms with Crippen molar-refractivity contribution in [1.29, 1.82) is 0 Å². The first-order valence-corrected chi connectivity index (χ1v) is 9.34. The van der Waals surface area contributed by atoms with Crippen molar-refractivity contribution in [3.8, 4) is 5.75 Å². The van der Waals surface area contributed by atoms with Crippen LogP contribution < -0.4 is 15.4 Å². The highest BCUT2D eigenvalue weighted by Crippen LogP contribution is 2.36. The number of nitrogens with one attached hydrogen (secondary N) is 2. The second-order valence-corrected chi connectivity index (χ2v) is 7.99. The summed E-state index contributed by atoms with van der Waals surface area (Å²) in [7, 11) is 1.70. The summed E-state index contributed by atoms with van der Waals surface area (Å²) >= 11 is 2.06. The first-order valence-electron chi connectivity index (χ1n) is 8.35. The SMILES string of the molecule is CCNC(=NCc1cc(C)cc(OC)c1)NCC1(C)CCCS1. The van der Waals surface area contributed by atoms with Crippen molar-refractivity contribution >= 4 is 17.7 Å². The second-order valence-electron chi connectivity index (χ2n) is 6.31. The maximum atomic E-state index is 5.34. The number of hydrogen-bond acceptors (Lipinski definition) is 3. The minimum Gasteiger partial charge on any atom is -0.497 e. The van der Waals surface area contributed by atoms with E-state index in [0.717, 1.165) is 24.8 Å². The molecule has 0 bridgehead atoms. The van der Waals surface area contributed by atoms with Crippen LogP contribution in [-0.2, 0) is 6.54 Å². The van der Waals surface area contributed by atoms with Gasteiger partial charge in [-0.3, -0.25) is 0 Å². The number of benzene rings is 1. The van der Waals surface area contributed by atoms with Crippen molar-refractivity contribution < 1.29 is 4.74 Å². The van der Waals surface area contributed by atoms with E-state index < -0.39 is 0 Å². The van der Waals surface area contributed by atoms with Crippen LogP contribution in [0, 0.1) is 6.92 Å². The van der Waals surface area contributed by atoms with E-state index in [4.69, 9.17) is 9.73 Å². The molecule has 1 aromatic rings. The number of hydrogen-bond donors (Lipinski definition) is 2. The van der Waals surface area contributed by atoms with Crippen molar-refractivity contribution in [2.45, 2.75) is 44.9 Å². The standard InChI is InChI=1S/C18H29N3OS/c1-5-19-17(21-13-18(3)7-6-8-23-18)20-12-15-9-14(2)10-16(11-15)22-4/h9-11H,5-8,12-13H2,1-4H3,(H2,19,20,21). The molecule has 5 heteroatoms. The van der Waals surface area contributed by atoms with E-state index in [0.29, 0.717) is 11.3 Å². The molecule has 1 saturated heterocycles. The molecule has 1 unspecified atom stereocenters. The molecule has 2 N–H and O–H groups in total. The molecular weight excluding hydrogens is 306 g/mol. The molecule has 1 aliphatic rings. The molecule has 0 amide bonds. The van der Waals surface area contributed by atoms with E-state index >= 15 is 0 Å². The van der Waals surface area contributed by atoms with Gasteiger partial charge >= 0.3 is 0 Å². The number of ether oxygens (including phenoxy) is 1. The number of methoxy groups -OCH3 is 1. The molecule has 0 saturated carbocycles. The highest BCUT2D eigenvalue weighted by Gasteiger charge is 2.29. The lowest BCUT2D eigenvalue weighted by molar-refractivity contribution is 0.414. The average molecular weight is 336 g/mol. The van der Waals surface area contributed by atoms with Gasteiger partial charge in [-0.1, -0.05) is 6.07 Å². The van der Waals surface area contributed by atoms with Gasteiger partial charge in [0.25, 0.3) is 0 Å². The Morgan fingerprint density at radius 1 is 1.35 bits per heavy atom. The Morgan fingerprint density at radius 3 is 2.83 bits per heavy atom. The lowest BCUT2D eigenvalue weighted by Crippen LogP contribution is -2.43. The zero-order valence-corrected chi connectivity index (χ0v) is 15.6. The van der Waals surface area contributed by atoms with Crippen molar-refractivity contribution in [1.82, 2.24) is 10.6 Å². The fraction of sp³-hybridized carbons (Fsp3) is 0.611. The molecule has 1 aliphatic heterocycles. The number of guanidine groups is 1. The van der Waals surface area contributed by atoms with Gasteiger partial charge < -0.3 is 15.4 Å². The number of rotatable bonds is 6. The first-order chi connectivity index (χ1) is 11.0. The van der Waals surface area contributed by atoms with Crippen LogP contribution in [0.3, 0.4) is 0 Å². The zero-order chi connectivity index (χ0) is 16.7. The third-order valence-corrected chi connectivity index (χ3v) is 5.58. The fourth-order valence-electron chi connectivity index (χ4n) is 2.79. The largest absolute Gasteiger partial charge is 0.497 e. The van der Waals surface area contributed by atoms with Gasteiger partial charge in [-0.15, -0.1) is 0 Å². The Bertz CT molecular complexity index is 539. The molecule has 128 valence electrons. The van der Waals surface area contributed by atoms with Gasteiger partial charge in [0.1, 0.15) is 5.75 Å². The molecule has 1 heterocycles. The first kappa shape index (κ1) is 18.0. The Labute approximate surface area is 144 Å². The van der Waals surface area contributed by atoms with Crippen molar-refractivity contribution in [3.05, 3.63) is 29.3 Å². The summed E-state index contributed by atoms with van der Waals surface area (Å²) in [5.41, 5.74) is 2.36. The van der Waals surface area contributed by atoms with Crippen molar-refractivity contribution in [3.63, 3.8) is 0 Å². The number of aryl methyl sites for hydroxylation is 1. The van der Waals surface area contributed by atoms with Crippen LogP contribution in [0.4, 0.5) is 0 Å². The Kier molecular flexibility index (Phi) is 6.63. The lowest BCUT2D eigenvalue weighted by atomic mass is 10.1. The molecule has 1 atom stereocenters. The molecule has 2 rings (SSSR count). The highest BCUT2D eigenvalue weighted by molar-refractivity contribution is 8.00. The fourth-order valence-corrected chi connectivity index (χ4v) is 4.04. The molecule has 1 aromatic carbocycles. The monoisotopic (exact) mass is 335 g/mol. The molecule has 4 nitrogen and oxygen atoms in total. The predicted octanol–water partition coefficient (Wildman–Crippen LogP) is 3.34. The van der Waals surface area contributed by atoms with Crippen LogP contribution in [0.2, 0.25) is 0 Å². The van der Waals surface area contributed by atoms with E-state index in [2.05, 4.69) is 49.2 Å². The van der Waals surface area contributed by atoms with Gasteiger partial charge in [-0.25, -0.2) is 4.99 Å². The van der Waals surface area contributed by atoms with Crippen LogP contribution in [0.25, 0.3) is 0 Å². The zero-order valence-electron chi connectivity index (χ0n) is 14.7. The maximum absolute atomic E-state index is 5.34. The van der Waals surface area contributed by atoms with E-state index in [1.165, 1.54) is 29.7 Å². The Balaban J connectivity index is 1.99. The molecule has 0 spiro atoms. The van der Waals surface area contributed by atoms with Crippen LogP contribution >= 0.6 is 11.8 Å². The minimum absolute atomic E-state index is 0.336. The summed E-state index contributed by atoms with van der Waals surface area (Å²) < 4.78 is 5.67. The van der Waals surface area contributed by atoms with Gasteiger partial charge in [0.05, 0.1) is 13.7 Å². The van der Waals surface area contributed by atoms with Crippen molar-refractivity contribution in [2.24, 2.45) is 4.99 Å². The smallest absolute Gasteiger partial charge is 0.191 e. The summed E-state index contributed by atoms with van der Waals surface area (Å²) in [6.07, 6.45) is 2.60. The molecule has 23 heavy (non-hydrogen) atoms. The predicted molar refractivity (Wildman–Crippen MR) is 101 cm³/mol. The third-order valence-electron chi connectivity index (χ3n) is 4.04. The van der Waals surface area contributed by atoms with Gasteiger partial charge in [0.15, 0.2) is 5.96 Å². The van der Waals surface area contributed by atoms with Gasteiger partial charge in [-0.2, -0.15) is 11.8 Å². The van der Waals surface area contributed by atoms with Crippen LogP contribution in [0.15, 0.2) is 23.2 Å². The van der Waals surface area contributed by atoms with E-state index in [9.17, 15) is 0 Å². The van der Waals surface area contributed by atoms with Gasteiger partial charge in [0, 0.05) is 17.8 Å². The van der Waals surface area contributed by atoms with E-state index in [-0.39, 0.29) is 0 Å². The number of aliphatic imine (C=N–C) groups is 1. The summed E-state index contributed by atoms with van der Waals surface area (Å²) in [5.74, 6) is 3.05. The number of nitrogens with zero attached hydrogens (tertiary/aromatic N) is 1. The molecule has 1 fully saturated rings. The van der Waals surface area contributed by atoms with E-state index in [1.807, 2.05) is 12.1 Å². The summed E-state index contributed by atoms with van der Waals surface area (Å²) in [5, 5.41) is 6.84. The lowest BCUT2D eigenvalue weighted by Gasteiger charge is -2.24. The second kappa shape index (κ2) is 8.48. The maximum Gasteiger partial charge on any atom is 0.191 e.